The van der Waals surface area contributed by atoms with Crippen LogP contribution in [0.15, 0.2) is 72.8 Å². The predicted molar refractivity (Wildman–Crippen MR) is 137 cm³/mol. The summed E-state index contributed by atoms with van der Waals surface area (Å²) in [6, 6.07) is 20.7. The van der Waals surface area contributed by atoms with Gasteiger partial charge in [-0.15, -0.1) is 0 Å². The van der Waals surface area contributed by atoms with Crippen LogP contribution in [0.1, 0.15) is 28.7 Å². The highest BCUT2D eigenvalue weighted by atomic mass is 19.4. The SMILES string of the molecule is O=C(NCCc1ccc2c(c1)OCO2)[C@@H]1C[C@H](NCc2ccc(C(F)(F)F)cc2)CN1Cc1ccccc1. The van der Waals surface area contributed by atoms with Crippen LogP contribution in [0.2, 0.25) is 0 Å². The molecule has 1 amide bonds. The second kappa shape index (κ2) is 11.4. The van der Waals surface area contributed by atoms with Crippen LogP contribution in [-0.4, -0.2) is 42.8 Å². The molecule has 0 unspecified atom stereocenters. The highest BCUT2D eigenvalue weighted by Gasteiger charge is 2.36. The Morgan fingerprint density at radius 2 is 1.66 bits per heavy atom. The van der Waals surface area contributed by atoms with Gasteiger partial charge >= 0.3 is 6.18 Å². The van der Waals surface area contributed by atoms with Crippen LogP contribution in [0, 0.1) is 0 Å². The van der Waals surface area contributed by atoms with Gasteiger partial charge in [0.15, 0.2) is 11.5 Å². The van der Waals surface area contributed by atoms with E-state index < -0.39 is 11.7 Å². The Morgan fingerprint density at radius 3 is 2.42 bits per heavy atom. The smallest absolute Gasteiger partial charge is 0.416 e. The predicted octanol–water partition coefficient (Wildman–Crippen LogP) is 4.53. The van der Waals surface area contributed by atoms with Crippen molar-refractivity contribution in [3.63, 3.8) is 0 Å². The fraction of sp³-hybridized carbons (Fsp3) is 0.345. The van der Waals surface area contributed by atoms with E-state index in [1.54, 1.807) is 0 Å². The van der Waals surface area contributed by atoms with Crippen LogP contribution >= 0.6 is 0 Å². The zero-order valence-corrected chi connectivity index (χ0v) is 20.8. The Hall–Kier alpha value is -3.56. The summed E-state index contributed by atoms with van der Waals surface area (Å²) < 4.78 is 49.4. The van der Waals surface area contributed by atoms with Gasteiger partial charge in [-0.1, -0.05) is 48.5 Å². The van der Waals surface area contributed by atoms with E-state index in [4.69, 9.17) is 9.47 Å². The van der Waals surface area contributed by atoms with Crippen LogP contribution in [0.25, 0.3) is 0 Å². The normalized spacial score (nSPS) is 19.0. The maximum Gasteiger partial charge on any atom is 0.416 e. The van der Waals surface area contributed by atoms with Gasteiger partial charge in [0.2, 0.25) is 12.7 Å². The number of alkyl halides is 3. The van der Waals surface area contributed by atoms with E-state index >= 15 is 0 Å². The average molecular weight is 526 g/mol. The van der Waals surface area contributed by atoms with Gasteiger partial charge in [-0.05, 0) is 53.8 Å². The second-order valence-corrected chi connectivity index (χ2v) is 9.67. The van der Waals surface area contributed by atoms with Crippen molar-refractivity contribution in [1.82, 2.24) is 15.5 Å². The van der Waals surface area contributed by atoms with Crippen molar-refractivity contribution in [2.45, 2.75) is 44.2 Å². The van der Waals surface area contributed by atoms with Gasteiger partial charge in [-0.2, -0.15) is 13.2 Å². The minimum atomic E-state index is -4.35. The Balaban J connectivity index is 1.18. The second-order valence-electron chi connectivity index (χ2n) is 9.67. The molecular weight excluding hydrogens is 495 g/mol. The van der Waals surface area contributed by atoms with Crippen molar-refractivity contribution >= 4 is 5.91 Å². The first-order chi connectivity index (χ1) is 18.3. The van der Waals surface area contributed by atoms with Crippen molar-refractivity contribution in [1.29, 1.82) is 0 Å². The minimum absolute atomic E-state index is 0.0273. The number of fused-ring (bicyclic) bond motifs is 1. The molecule has 2 aliphatic heterocycles. The number of benzene rings is 3. The summed E-state index contributed by atoms with van der Waals surface area (Å²) in [6.45, 7) is 2.45. The molecule has 2 heterocycles. The number of hydrogen-bond donors (Lipinski definition) is 2. The van der Waals surface area contributed by atoms with E-state index in [1.165, 1.54) is 12.1 Å². The van der Waals surface area contributed by atoms with Crippen molar-refractivity contribution in [2.75, 3.05) is 19.9 Å². The van der Waals surface area contributed by atoms with Crippen molar-refractivity contribution < 1.29 is 27.4 Å². The Morgan fingerprint density at radius 1 is 0.921 bits per heavy atom. The lowest BCUT2D eigenvalue weighted by molar-refractivity contribution is -0.137. The summed E-state index contributed by atoms with van der Waals surface area (Å²) in [5.41, 5.74) is 2.28. The molecule has 0 spiro atoms. The van der Waals surface area contributed by atoms with E-state index in [0.717, 1.165) is 40.3 Å². The van der Waals surface area contributed by atoms with Gasteiger partial charge in [0.1, 0.15) is 0 Å². The Kier molecular flexibility index (Phi) is 7.85. The monoisotopic (exact) mass is 525 g/mol. The lowest BCUT2D eigenvalue weighted by Gasteiger charge is -2.23. The van der Waals surface area contributed by atoms with Gasteiger partial charge in [0, 0.05) is 32.2 Å². The molecule has 6 nitrogen and oxygen atoms in total. The van der Waals surface area contributed by atoms with Crippen molar-refractivity contribution in [3.8, 4) is 11.5 Å². The maximum absolute atomic E-state index is 13.2. The molecule has 2 N–H and O–H groups in total. The molecule has 1 saturated heterocycles. The third kappa shape index (κ3) is 6.46. The lowest BCUT2D eigenvalue weighted by Crippen LogP contribution is -2.43. The Labute approximate surface area is 219 Å². The number of carbonyl (C=O) groups is 1. The Bertz CT molecular complexity index is 1240. The van der Waals surface area contributed by atoms with Gasteiger partial charge in [0.05, 0.1) is 11.6 Å². The average Bonchev–Trinajstić information content (AvgIpc) is 3.54. The standard InChI is InChI=1S/C29H30F3N3O3/c30-29(31,32)23-9-6-21(7-10-23)16-34-24-15-25(35(18-24)17-22-4-2-1-3-5-22)28(36)33-13-12-20-8-11-26-27(14-20)38-19-37-26/h1-11,14,24-25,34H,12-13,15-19H2,(H,33,36)/t24-,25-/m0/s1. The first-order valence-electron chi connectivity index (χ1n) is 12.7. The van der Waals surface area contributed by atoms with Crippen molar-refractivity contribution in [2.24, 2.45) is 0 Å². The number of halogens is 3. The zero-order valence-electron chi connectivity index (χ0n) is 20.8. The fourth-order valence-corrected chi connectivity index (χ4v) is 4.93. The molecule has 9 heteroatoms. The number of nitrogens with zero attached hydrogens (tertiary/aromatic N) is 1. The number of nitrogens with one attached hydrogen (secondary N) is 2. The highest BCUT2D eigenvalue weighted by Crippen LogP contribution is 2.32. The van der Waals surface area contributed by atoms with E-state index in [0.29, 0.717) is 39.0 Å². The molecule has 0 aliphatic carbocycles. The molecule has 200 valence electrons. The van der Waals surface area contributed by atoms with Gasteiger partial charge in [-0.25, -0.2) is 0 Å². The third-order valence-corrected chi connectivity index (χ3v) is 6.96. The largest absolute Gasteiger partial charge is 0.454 e. The van der Waals surface area contributed by atoms with Gasteiger partial charge < -0.3 is 20.1 Å². The first-order valence-corrected chi connectivity index (χ1v) is 12.7. The molecule has 2 aliphatic rings. The summed E-state index contributed by atoms with van der Waals surface area (Å²) in [5.74, 6) is 1.43. The summed E-state index contributed by atoms with van der Waals surface area (Å²) in [4.78, 5) is 15.4. The van der Waals surface area contributed by atoms with Crippen LogP contribution in [0.3, 0.4) is 0 Å². The lowest BCUT2D eigenvalue weighted by atomic mass is 10.1. The molecule has 0 aromatic heterocycles. The van der Waals surface area contributed by atoms with Crippen LogP contribution in [-0.2, 0) is 30.5 Å². The molecular formula is C29H30F3N3O3. The third-order valence-electron chi connectivity index (χ3n) is 6.96. The highest BCUT2D eigenvalue weighted by molar-refractivity contribution is 5.82. The molecule has 5 rings (SSSR count). The number of carbonyl (C=O) groups excluding carboxylic acids is 1. The topological polar surface area (TPSA) is 62.8 Å². The van der Waals surface area contributed by atoms with Gasteiger partial charge in [0.25, 0.3) is 0 Å². The number of likely N-dealkylation sites (tertiary alicyclic amines) is 1. The fourth-order valence-electron chi connectivity index (χ4n) is 4.93. The summed E-state index contributed by atoms with van der Waals surface area (Å²) >= 11 is 0. The minimum Gasteiger partial charge on any atom is -0.454 e. The van der Waals surface area contributed by atoms with E-state index in [-0.39, 0.29) is 24.8 Å². The van der Waals surface area contributed by atoms with E-state index in [1.807, 2.05) is 48.5 Å². The molecule has 2 atom stereocenters. The number of rotatable bonds is 9. The molecule has 3 aromatic rings. The molecule has 38 heavy (non-hydrogen) atoms. The summed E-state index contributed by atoms with van der Waals surface area (Å²) in [7, 11) is 0. The molecule has 0 saturated carbocycles. The number of hydrogen-bond acceptors (Lipinski definition) is 5. The molecule has 0 radical (unpaired) electrons. The molecule has 3 aromatic carbocycles. The number of ether oxygens (including phenoxy) is 2. The zero-order chi connectivity index (χ0) is 26.5. The molecule has 1 fully saturated rings. The van der Waals surface area contributed by atoms with E-state index in [9.17, 15) is 18.0 Å². The van der Waals surface area contributed by atoms with Crippen molar-refractivity contribution in [3.05, 3.63) is 95.1 Å². The summed E-state index contributed by atoms with van der Waals surface area (Å²) in [6.07, 6.45) is -3.06. The van der Waals surface area contributed by atoms with Crippen LogP contribution in [0.4, 0.5) is 13.2 Å². The molecule has 0 bridgehead atoms. The van der Waals surface area contributed by atoms with E-state index in [2.05, 4.69) is 15.5 Å². The number of amides is 1. The maximum atomic E-state index is 13.2. The van der Waals surface area contributed by atoms with Crippen LogP contribution in [0.5, 0.6) is 11.5 Å². The first kappa shape index (κ1) is 26.1. The quantitative estimate of drug-likeness (QED) is 0.430. The van der Waals surface area contributed by atoms with Crippen LogP contribution < -0.4 is 20.1 Å². The summed E-state index contributed by atoms with van der Waals surface area (Å²) in [5, 5.41) is 6.52. The van der Waals surface area contributed by atoms with Gasteiger partial charge in [-0.3, -0.25) is 9.69 Å².